The van der Waals surface area contributed by atoms with E-state index in [-0.39, 0.29) is 6.04 Å². The highest BCUT2D eigenvalue weighted by molar-refractivity contribution is 5.67. The van der Waals surface area contributed by atoms with Gasteiger partial charge in [0.15, 0.2) is 5.82 Å². The van der Waals surface area contributed by atoms with E-state index in [2.05, 4.69) is 39.4 Å². The summed E-state index contributed by atoms with van der Waals surface area (Å²) in [4.78, 5) is 13.2. The predicted octanol–water partition coefficient (Wildman–Crippen LogP) is 3.68. The molecule has 0 spiro atoms. The quantitative estimate of drug-likeness (QED) is 0.621. The fourth-order valence-corrected chi connectivity index (χ4v) is 2.27. The molecule has 0 aliphatic carbocycles. The van der Waals surface area contributed by atoms with Crippen LogP contribution in [0, 0.1) is 0 Å². The van der Waals surface area contributed by atoms with Crippen LogP contribution in [0.3, 0.4) is 0 Å². The summed E-state index contributed by atoms with van der Waals surface area (Å²) in [6, 6.07) is 13.5. The van der Waals surface area contributed by atoms with Gasteiger partial charge < -0.3 is 16.4 Å². The molecule has 1 aromatic carbocycles. The number of hydrogen-bond donors (Lipinski definition) is 3. The summed E-state index contributed by atoms with van der Waals surface area (Å²) in [5.41, 5.74) is 8.35. The first-order valence-electron chi connectivity index (χ1n) is 7.79. The van der Waals surface area contributed by atoms with Gasteiger partial charge in [-0.05, 0) is 38.1 Å². The second-order valence-corrected chi connectivity index (χ2v) is 5.75. The van der Waals surface area contributed by atoms with E-state index in [1.165, 1.54) is 0 Å². The molecule has 0 atom stereocenters. The smallest absolute Gasteiger partial charge is 0.163 e. The highest BCUT2D eigenvalue weighted by Gasteiger charge is 2.09. The van der Waals surface area contributed by atoms with Gasteiger partial charge in [-0.1, -0.05) is 12.1 Å². The van der Waals surface area contributed by atoms with Gasteiger partial charge in [0.2, 0.25) is 0 Å². The van der Waals surface area contributed by atoms with Gasteiger partial charge in [0.05, 0.1) is 0 Å². The van der Waals surface area contributed by atoms with Crippen molar-refractivity contribution in [3.05, 3.63) is 54.9 Å². The molecule has 0 unspecified atom stereocenters. The predicted molar refractivity (Wildman–Crippen MR) is 98.2 cm³/mol. The summed E-state index contributed by atoms with van der Waals surface area (Å²) in [6.45, 7) is 4.14. The monoisotopic (exact) mass is 320 g/mol. The molecule has 24 heavy (non-hydrogen) atoms. The van der Waals surface area contributed by atoms with Crippen LogP contribution in [0.4, 0.5) is 23.0 Å². The molecule has 6 nitrogen and oxygen atoms in total. The normalized spacial score (nSPS) is 10.6. The van der Waals surface area contributed by atoms with Gasteiger partial charge >= 0.3 is 0 Å². The van der Waals surface area contributed by atoms with E-state index in [1.54, 1.807) is 12.4 Å². The molecule has 0 saturated heterocycles. The second kappa shape index (κ2) is 6.95. The first-order valence-corrected chi connectivity index (χ1v) is 7.79. The molecule has 0 aliphatic rings. The van der Waals surface area contributed by atoms with Gasteiger partial charge in [0.25, 0.3) is 0 Å². The Bertz CT molecular complexity index is 817. The number of nitrogens with zero attached hydrogens (tertiary/aromatic N) is 3. The van der Waals surface area contributed by atoms with E-state index < -0.39 is 0 Å². The minimum absolute atomic E-state index is 0.266. The minimum Gasteiger partial charge on any atom is -0.399 e. The van der Waals surface area contributed by atoms with Crippen molar-refractivity contribution in [3.8, 4) is 11.4 Å². The Morgan fingerprint density at radius 2 is 1.71 bits per heavy atom. The fourth-order valence-electron chi connectivity index (χ4n) is 2.27. The van der Waals surface area contributed by atoms with Crippen molar-refractivity contribution < 1.29 is 0 Å². The maximum absolute atomic E-state index is 5.88. The number of rotatable bonds is 5. The molecule has 0 radical (unpaired) electrons. The topological polar surface area (TPSA) is 88.8 Å². The molecule has 4 N–H and O–H groups in total. The van der Waals surface area contributed by atoms with Gasteiger partial charge in [0.1, 0.15) is 11.6 Å². The highest BCUT2D eigenvalue weighted by Crippen LogP contribution is 2.24. The molecule has 2 heterocycles. The van der Waals surface area contributed by atoms with Crippen LogP contribution in [-0.4, -0.2) is 21.0 Å². The van der Waals surface area contributed by atoms with Gasteiger partial charge in [-0.3, -0.25) is 4.98 Å². The standard InChI is InChI=1S/C18H20N6/c1-12(2)21-16-11-17(22-15-6-8-20-9-7-15)24-18(23-16)13-4-3-5-14(19)10-13/h3-12H,19H2,1-2H3,(H2,20,21,22,23,24). The van der Waals surface area contributed by atoms with E-state index in [1.807, 2.05) is 42.5 Å². The third-order valence-corrected chi connectivity index (χ3v) is 3.26. The average Bonchev–Trinajstić information content (AvgIpc) is 2.55. The molecule has 0 amide bonds. The Labute approximate surface area is 141 Å². The molecule has 0 aliphatic heterocycles. The van der Waals surface area contributed by atoms with Gasteiger partial charge in [0, 0.05) is 41.4 Å². The van der Waals surface area contributed by atoms with Crippen LogP contribution >= 0.6 is 0 Å². The van der Waals surface area contributed by atoms with Crippen molar-refractivity contribution in [2.24, 2.45) is 0 Å². The minimum atomic E-state index is 0.266. The van der Waals surface area contributed by atoms with Crippen molar-refractivity contribution in [2.75, 3.05) is 16.4 Å². The summed E-state index contributed by atoms with van der Waals surface area (Å²) in [7, 11) is 0. The number of benzene rings is 1. The largest absolute Gasteiger partial charge is 0.399 e. The Kier molecular flexibility index (Phi) is 4.56. The SMILES string of the molecule is CC(C)Nc1cc(Nc2ccncc2)nc(-c2cccc(N)c2)n1. The van der Waals surface area contributed by atoms with E-state index in [9.17, 15) is 0 Å². The lowest BCUT2D eigenvalue weighted by atomic mass is 10.2. The summed E-state index contributed by atoms with van der Waals surface area (Å²) in [6.07, 6.45) is 3.46. The molecular weight excluding hydrogens is 300 g/mol. The first-order chi connectivity index (χ1) is 11.6. The number of nitrogens with two attached hydrogens (primary N) is 1. The average molecular weight is 320 g/mol. The van der Waals surface area contributed by atoms with Crippen molar-refractivity contribution >= 4 is 23.0 Å². The Morgan fingerprint density at radius 1 is 0.958 bits per heavy atom. The van der Waals surface area contributed by atoms with Crippen LogP contribution < -0.4 is 16.4 Å². The van der Waals surface area contributed by atoms with Crippen LogP contribution in [0.25, 0.3) is 11.4 Å². The van der Waals surface area contributed by atoms with Gasteiger partial charge in [-0.2, -0.15) is 0 Å². The molecule has 3 rings (SSSR count). The lowest BCUT2D eigenvalue weighted by molar-refractivity contribution is 0.887. The van der Waals surface area contributed by atoms with E-state index in [0.717, 1.165) is 17.1 Å². The van der Waals surface area contributed by atoms with Crippen LogP contribution in [0.15, 0.2) is 54.9 Å². The Balaban J connectivity index is 2.00. The molecule has 0 saturated carbocycles. The molecule has 0 bridgehead atoms. The van der Waals surface area contributed by atoms with Crippen molar-refractivity contribution in [2.45, 2.75) is 19.9 Å². The third-order valence-electron chi connectivity index (χ3n) is 3.26. The zero-order valence-electron chi connectivity index (χ0n) is 13.7. The van der Waals surface area contributed by atoms with Crippen LogP contribution in [0.1, 0.15) is 13.8 Å². The van der Waals surface area contributed by atoms with E-state index >= 15 is 0 Å². The molecule has 2 aromatic heterocycles. The van der Waals surface area contributed by atoms with Crippen LogP contribution in [-0.2, 0) is 0 Å². The lowest BCUT2D eigenvalue weighted by Crippen LogP contribution is -2.12. The van der Waals surface area contributed by atoms with Crippen LogP contribution in [0.2, 0.25) is 0 Å². The van der Waals surface area contributed by atoms with Gasteiger partial charge in [-0.25, -0.2) is 9.97 Å². The molecule has 3 aromatic rings. The zero-order valence-corrected chi connectivity index (χ0v) is 13.7. The zero-order chi connectivity index (χ0) is 16.9. The molecule has 122 valence electrons. The number of aromatic nitrogens is 3. The number of hydrogen-bond acceptors (Lipinski definition) is 6. The molecule has 6 heteroatoms. The maximum Gasteiger partial charge on any atom is 0.163 e. The molecular formula is C18H20N6. The third kappa shape index (κ3) is 3.98. The van der Waals surface area contributed by atoms with Crippen molar-refractivity contribution in [1.29, 1.82) is 0 Å². The Hall–Kier alpha value is -3.15. The van der Waals surface area contributed by atoms with E-state index in [4.69, 9.17) is 5.73 Å². The van der Waals surface area contributed by atoms with E-state index in [0.29, 0.717) is 17.3 Å². The summed E-state index contributed by atoms with van der Waals surface area (Å²) >= 11 is 0. The number of anilines is 4. The number of pyridine rings is 1. The van der Waals surface area contributed by atoms with Crippen LogP contribution in [0.5, 0.6) is 0 Å². The Morgan fingerprint density at radius 3 is 2.42 bits per heavy atom. The van der Waals surface area contributed by atoms with Gasteiger partial charge in [-0.15, -0.1) is 0 Å². The summed E-state index contributed by atoms with van der Waals surface area (Å²) < 4.78 is 0. The highest BCUT2D eigenvalue weighted by atomic mass is 15.1. The number of nitrogens with one attached hydrogen (secondary N) is 2. The summed E-state index contributed by atoms with van der Waals surface area (Å²) in [5.74, 6) is 2.08. The van der Waals surface area contributed by atoms with Crippen molar-refractivity contribution in [1.82, 2.24) is 15.0 Å². The first kappa shape index (κ1) is 15.7. The fraction of sp³-hybridized carbons (Fsp3) is 0.167. The number of nitrogen functional groups attached to an aromatic ring is 1. The second-order valence-electron chi connectivity index (χ2n) is 5.75. The molecule has 0 fully saturated rings. The van der Waals surface area contributed by atoms with Crippen molar-refractivity contribution in [3.63, 3.8) is 0 Å². The summed E-state index contributed by atoms with van der Waals surface area (Å²) in [5, 5.41) is 6.60. The lowest BCUT2D eigenvalue weighted by Gasteiger charge is -2.13. The maximum atomic E-state index is 5.88.